The number of aryl methyl sites for hydroxylation is 2. The van der Waals surface area contributed by atoms with Gasteiger partial charge < -0.3 is 9.73 Å². The molecule has 0 fully saturated rings. The zero-order valence-electron chi connectivity index (χ0n) is 13.7. The molecule has 6 nitrogen and oxygen atoms in total. The predicted octanol–water partition coefficient (Wildman–Crippen LogP) is 5.13. The summed E-state index contributed by atoms with van der Waals surface area (Å²) in [6, 6.07) is 10.6. The number of nitrogens with zero attached hydrogens (tertiary/aromatic N) is 2. The fourth-order valence-corrected chi connectivity index (χ4v) is 2.66. The van der Waals surface area contributed by atoms with Crippen molar-refractivity contribution in [1.82, 2.24) is 4.98 Å². The van der Waals surface area contributed by atoms with Crippen molar-refractivity contribution in [3.8, 4) is 11.3 Å². The summed E-state index contributed by atoms with van der Waals surface area (Å²) in [5, 5.41) is 14.9. The molecule has 0 amide bonds. The number of rotatable bonds is 5. The number of hydrogen-bond acceptors (Lipinski definition) is 5. The first-order chi connectivity index (χ1) is 11.9. The van der Waals surface area contributed by atoms with E-state index in [-0.39, 0.29) is 10.6 Å². The van der Waals surface area contributed by atoms with Crippen molar-refractivity contribution in [2.24, 2.45) is 0 Å². The predicted molar refractivity (Wildman–Crippen MR) is 96.8 cm³/mol. The molecule has 1 aromatic heterocycles. The van der Waals surface area contributed by atoms with Crippen LogP contribution >= 0.6 is 11.6 Å². The van der Waals surface area contributed by atoms with Gasteiger partial charge in [0.2, 0.25) is 5.89 Å². The van der Waals surface area contributed by atoms with E-state index >= 15 is 0 Å². The molecule has 3 aromatic rings. The van der Waals surface area contributed by atoms with Crippen molar-refractivity contribution in [3.05, 3.63) is 74.7 Å². The number of oxazole rings is 1. The van der Waals surface area contributed by atoms with Crippen molar-refractivity contribution in [1.29, 1.82) is 0 Å². The maximum absolute atomic E-state index is 11.1. The molecule has 0 aliphatic carbocycles. The maximum atomic E-state index is 11.1. The molecule has 0 saturated heterocycles. The number of anilines is 1. The first-order valence-corrected chi connectivity index (χ1v) is 8.02. The summed E-state index contributed by atoms with van der Waals surface area (Å²) in [7, 11) is 0. The third-order valence-corrected chi connectivity index (χ3v) is 4.10. The zero-order chi connectivity index (χ0) is 18.0. The number of benzene rings is 2. The summed E-state index contributed by atoms with van der Waals surface area (Å²) < 4.78 is 5.72. The Morgan fingerprint density at radius 1 is 1.20 bits per heavy atom. The van der Waals surface area contributed by atoms with Crippen LogP contribution in [-0.4, -0.2) is 9.91 Å². The Balaban J connectivity index is 1.75. The van der Waals surface area contributed by atoms with Crippen LogP contribution in [0.2, 0.25) is 5.02 Å². The molecule has 0 saturated carbocycles. The third-order valence-electron chi connectivity index (χ3n) is 3.85. The van der Waals surface area contributed by atoms with E-state index in [0.717, 1.165) is 11.1 Å². The second-order valence-corrected chi connectivity index (χ2v) is 6.13. The summed E-state index contributed by atoms with van der Waals surface area (Å²) in [4.78, 5) is 14.9. The van der Waals surface area contributed by atoms with Crippen molar-refractivity contribution < 1.29 is 9.34 Å². The number of aromatic nitrogens is 1. The highest BCUT2D eigenvalue weighted by Gasteiger charge is 2.14. The molecule has 7 heteroatoms. The highest BCUT2D eigenvalue weighted by Crippen LogP contribution is 2.27. The summed E-state index contributed by atoms with van der Waals surface area (Å²) in [6.45, 7) is 3.95. The molecule has 0 aliphatic heterocycles. The van der Waals surface area contributed by atoms with Gasteiger partial charge in [0.1, 0.15) is 0 Å². The van der Waals surface area contributed by atoms with Gasteiger partial charge in [0, 0.05) is 27.9 Å². The van der Waals surface area contributed by atoms with Crippen molar-refractivity contribution in [3.63, 3.8) is 0 Å². The minimum absolute atomic E-state index is 0.0855. The van der Waals surface area contributed by atoms with Crippen LogP contribution in [0.3, 0.4) is 0 Å². The highest BCUT2D eigenvalue weighted by atomic mass is 35.5. The van der Waals surface area contributed by atoms with E-state index in [0.29, 0.717) is 34.5 Å². The summed E-state index contributed by atoms with van der Waals surface area (Å²) in [6.07, 6.45) is 1.64. The van der Waals surface area contributed by atoms with Gasteiger partial charge in [-0.1, -0.05) is 11.6 Å². The van der Waals surface area contributed by atoms with Crippen molar-refractivity contribution in [2.45, 2.75) is 20.4 Å². The van der Waals surface area contributed by atoms with Crippen LogP contribution in [-0.2, 0) is 6.54 Å². The molecule has 0 unspecified atom stereocenters. The number of halogens is 1. The Morgan fingerprint density at radius 2 is 1.92 bits per heavy atom. The lowest BCUT2D eigenvalue weighted by Crippen LogP contribution is -2.03. The van der Waals surface area contributed by atoms with Crippen molar-refractivity contribution in [2.75, 3.05) is 5.32 Å². The van der Waals surface area contributed by atoms with Gasteiger partial charge in [-0.25, -0.2) is 4.98 Å². The van der Waals surface area contributed by atoms with Crippen molar-refractivity contribution >= 4 is 23.0 Å². The van der Waals surface area contributed by atoms with Crippen LogP contribution in [0.4, 0.5) is 11.4 Å². The molecule has 0 bridgehead atoms. The number of hydrogen-bond donors (Lipinski definition) is 1. The fraction of sp³-hybridized carbons (Fsp3) is 0.167. The van der Waals surface area contributed by atoms with E-state index in [9.17, 15) is 10.1 Å². The fourth-order valence-electron chi connectivity index (χ4n) is 2.54. The van der Waals surface area contributed by atoms with E-state index in [1.54, 1.807) is 31.3 Å². The van der Waals surface area contributed by atoms with Gasteiger partial charge in [-0.2, -0.15) is 0 Å². The molecule has 0 aliphatic rings. The van der Waals surface area contributed by atoms with E-state index in [1.807, 2.05) is 19.1 Å². The Bertz CT molecular complexity index is 920. The molecular formula is C18H16ClN3O3. The Morgan fingerprint density at radius 3 is 2.60 bits per heavy atom. The summed E-state index contributed by atoms with van der Waals surface area (Å²) >= 11 is 5.88. The quantitative estimate of drug-likeness (QED) is 0.505. The average molecular weight is 358 g/mol. The van der Waals surface area contributed by atoms with E-state index < -0.39 is 0 Å². The summed E-state index contributed by atoms with van der Waals surface area (Å²) in [5.41, 5.74) is 3.21. The second-order valence-electron chi connectivity index (χ2n) is 5.69. The van der Waals surface area contributed by atoms with Gasteiger partial charge in [0.15, 0.2) is 5.76 Å². The van der Waals surface area contributed by atoms with Gasteiger partial charge in [-0.05, 0) is 49.7 Å². The van der Waals surface area contributed by atoms with Crippen LogP contribution < -0.4 is 5.32 Å². The largest absolute Gasteiger partial charge is 0.439 e. The van der Waals surface area contributed by atoms with Gasteiger partial charge in [-0.3, -0.25) is 10.1 Å². The Labute approximate surface area is 149 Å². The number of nitro groups is 1. The Hall–Kier alpha value is -2.86. The minimum atomic E-state index is -0.385. The summed E-state index contributed by atoms with van der Waals surface area (Å²) in [5.74, 6) is 1.13. The van der Waals surface area contributed by atoms with Crippen LogP contribution in [0.25, 0.3) is 11.3 Å². The van der Waals surface area contributed by atoms with E-state index in [4.69, 9.17) is 16.0 Å². The number of nitro benzene ring substituents is 1. The molecular weight excluding hydrogens is 342 g/mol. The van der Waals surface area contributed by atoms with Crippen LogP contribution in [0.5, 0.6) is 0 Å². The zero-order valence-corrected chi connectivity index (χ0v) is 14.5. The first kappa shape index (κ1) is 17.0. The lowest BCUT2D eigenvalue weighted by atomic mass is 10.1. The average Bonchev–Trinajstić information content (AvgIpc) is 3.03. The van der Waals surface area contributed by atoms with Gasteiger partial charge in [0.25, 0.3) is 5.69 Å². The smallest absolute Gasteiger partial charge is 0.274 e. The number of nitrogens with one attached hydrogen (secondary N) is 1. The molecule has 2 aromatic carbocycles. The van der Waals surface area contributed by atoms with Gasteiger partial charge in [-0.15, -0.1) is 0 Å². The molecule has 0 spiro atoms. The lowest BCUT2D eigenvalue weighted by molar-refractivity contribution is -0.385. The van der Waals surface area contributed by atoms with Gasteiger partial charge >= 0.3 is 0 Å². The molecule has 0 atom stereocenters. The van der Waals surface area contributed by atoms with Crippen LogP contribution in [0.1, 0.15) is 17.0 Å². The third kappa shape index (κ3) is 3.80. The second kappa shape index (κ2) is 6.94. The van der Waals surface area contributed by atoms with Crippen LogP contribution in [0.15, 0.2) is 47.0 Å². The van der Waals surface area contributed by atoms with E-state index in [1.165, 1.54) is 6.07 Å². The monoisotopic (exact) mass is 357 g/mol. The Kier molecular flexibility index (Phi) is 4.72. The standard InChI is InChI=1S/C18H16ClN3O3/c1-11-7-12(2)16(22(23)24)8-15(11)20-10-18-21-9-17(25-18)13-3-5-14(19)6-4-13/h3-9,20H,10H2,1-2H3. The lowest BCUT2D eigenvalue weighted by Gasteiger charge is -2.09. The molecule has 128 valence electrons. The molecule has 0 radical (unpaired) electrons. The minimum Gasteiger partial charge on any atom is -0.439 e. The maximum Gasteiger partial charge on any atom is 0.274 e. The van der Waals surface area contributed by atoms with E-state index in [2.05, 4.69) is 10.3 Å². The first-order valence-electron chi connectivity index (χ1n) is 7.64. The molecule has 25 heavy (non-hydrogen) atoms. The molecule has 3 rings (SSSR count). The topological polar surface area (TPSA) is 81.2 Å². The normalized spacial score (nSPS) is 10.7. The molecule has 1 N–H and O–H groups in total. The SMILES string of the molecule is Cc1cc(C)c([N+](=O)[O-])cc1NCc1ncc(-c2ccc(Cl)cc2)o1. The van der Waals surface area contributed by atoms with Gasteiger partial charge in [0.05, 0.1) is 17.7 Å². The highest BCUT2D eigenvalue weighted by molar-refractivity contribution is 6.30. The molecule has 1 heterocycles. The van der Waals surface area contributed by atoms with Crippen LogP contribution in [0, 0.1) is 24.0 Å².